The molecule has 1 aromatic rings. The van der Waals surface area contributed by atoms with Crippen LogP contribution in [0.3, 0.4) is 0 Å². The van der Waals surface area contributed by atoms with Gasteiger partial charge in [0.05, 0.1) is 12.2 Å². The number of rotatable bonds is 6. The lowest BCUT2D eigenvalue weighted by atomic mass is 9.84. The molecule has 0 saturated carbocycles. The maximum absolute atomic E-state index is 12.9. The highest BCUT2D eigenvalue weighted by Gasteiger charge is 2.32. The molecule has 1 unspecified atom stereocenters. The number of guanidine groups is 1. The minimum Gasteiger partial charge on any atom is -0.383 e. The zero-order valence-electron chi connectivity index (χ0n) is 14.8. The quantitative estimate of drug-likeness (QED) is 0.615. The van der Waals surface area contributed by atoms with Crippen LogP contribution in [0.5, 0.6) is 0 Å². The van der Waals surface area contributed by atoms with Crippen LogP contribution in [0.2, 0.25) is 0 Å². The van der Waals surface area contributed by atoms with Gasteiger partial charge in [-0.25, -0.2) is 0 Å². The van der Waals surface area contributed by atoms with Crippen molar-refractivity contribution in [1.82, 2.24) is 10.6 Å². The van der Waals surface area contributed by atoms with E-state index in [9.17, 15) is 13.2 Å². The first-order chi connectivity index (χ1) is 11.1. The number of nitrogens with one attached hydrogen (secondary N) is 2. The van der Waals surface area contributed by atoms with Crippen LogP contribution in [0, 0.1) is 0 Å². The normalized spacial score (nSPS) is 14.4. The van der Waals surface area contributed by atoms with E-state index in [1.165, 1.54) is 12.1 Å². The smallest absolute Gasteiger partial charge is 0.383 e. The Morgan fingerprint density at radius 3 is 2.42 bits per heavy atom. The van der Waals surface area contributed by atoms with Gasteiger partial charge in [0.15, 0.2) is 5.96 Å². The zero-order chi connectivity index (χ0) is 18.4. The second kappa shape index (κ2) is 8.37. The van der Waals surface area contributed by atoms with Gasteiger partial charge >= 0.3 is 6.18 Å². The van der Waals surface area contributed by atoms with Crippen molar-refractivity contribution in [3.05, 3.63) is 35.4 Å². The summed E-state index contributed by atoms with van der Waals surface area (Å²) < 4.78 is 43.7. The van der Waals surface area contributed by atoms with Crippen molar-refractivity contribution in [2.45, 2.75) is 38.4 Å². The van der Waals surface area contributed by atoms with Crippen LogP contribution in [-0.2, 0) is 16.3 Å². The van der Waals surface area contributed by atoms with Crippen molar-refractivity contribution in [2.24, 2.45) is 4.99 Å². The summed E-state index contributed by atoms with van der Waals surface area (Å²) in [7, 11) is 3.26. The number of benzene rings is 1. The van der Waals surface area contributed by atoms with Gasteiger partial charge < -0.3 is 15.4 Å². The molecule has 0 aliphatic carbocycles. The molecule has 1 rings (SSSR count). The number of hydrogen-bond acceptors (Lipinski definition) is 2. The molecule has 0 heterocycles. The number of alkyl halides is 3. The largest absolute Gasteiger partial charge is 0.416 e. The molecule has 0 fully saturated rings. The Morgan fingerprint density at radius 1 is 1.25 bits per heavy atom. The lowest BCUT2D eigenvalue weighted by Gasteiger charge is -2.28. The molecule has 1 aromatic carbocycles. The number of nitrogens with zero attached hydrogens (tertiary/aromatic N) is 1. The molecule has 0 radical (unpaired) electrons. The van der Waals surface area contributed by atoms with Gasteiger partial charge in [0.1, 0.15) is 0 Å². The zero-order valence-corrected chi connectivity index (χ0v) is 14.8. The summed E-state index contributed by atoms with van der Waals surface area (Å²) in [6.45, 7) is 6.70. The molecule has 0 bridgehead atoms. The second-order valence-electron chi connectivity index (χ2n) is 6.39. The Kier molecular flexibility index (Phi) is 7.08. The van der Waals surface area contributed by atoms with Gasteiger partial charge in [0, 0.05) is 32.2 Å². The summed E-state index contributed by atoms with van der Waals surface area (Å²) in [6, 6.07) is 5.50. The number of ether oxygens (including phenoxy) is 1. The fraction of sp³-hybridized carbons (Fsp3) is 0.588. The average Bonchev–Trinajstić information content (AvgIpc) is 2.51. The summed E-state index contributed by atoms with van der Waals surface area (Å²) in [5.74, 6) is 0.583. The molecule has 24 heavy (non-hydrogen) atoms. The van der Waals surface area contributed by atoms with E-state index >= 15 is 0 Å². The summed E-state index contributed by atoms with van der Waals surface area (Å²) in [4.78, 5) is 4.12. The minimum atomic E-state index is -4.34. The van der Waals surface area contributed by atoms with Gasteiger partial charge in [-0.05, 0) is 18.6 Å². The molecule has 0 aliphatic heterocycles. The molecular weight excluding hydrogens is 319 g/mol. The predicted octanol–water partition coefficient (Wildman–Crippen LogP) is 3.18. The van der Waals surface area contributed by atoms with Gasteiger partial charge in [-0.1, -0.05) is 32.0 Å². The fourth-order valence-corrected chi connectivity index (χ4v) is 2.24. The van der Waals surface area contributed by atoms with Crippen LogP contribution in [0.4, 0.5) is 13.2 Å². The van der Waals surface area contributed by atoms with E-state index in [1.54, 1.807) is 20.2 Å². The van der Waals surface area contributed by atoms with Gasteiger partial charge in [-0.15, -0.1) is 0 Å². The summed E-state index contributed by atoms with van der Waals surface area (Å²) in [5, 5.41) is 6.32. The fourth-order valence-electron chi connectivity index (χ4n) is 2.24. The van der Waals surface area contributed by atoms with Crippen LogP contribution in [0.15, 0.2) is 29.3 Å². The van der Waals surface area contributed by atoms with Crippen molar-refractivity contribution < 1.29 is 17.9 Å². The molecule has 7 heteroatoms. The lowest BCUT2D eigenvalue weighted by molar-refractivity contribution is -0.137. The lowest BCUT2D eigenvalue weighted by Crippen LogP contribution is -2.47. The molecule has 136 valence electrons. The monoisotopic (exact) mass is 345 g/mol. The molecule has 0 aliphatic rings. The van der Waals surface area contributed by atoms with Gasteiger partial charge in [-0.3, -0.25) is 4.99 Å². The minimum absolute atomic E-state index is 0.0675. The first kappa shape index (κ1) is 20.3. The number of aliphatic imine (C=N–C) groups is 1. The van der Waals surface area contributed by atoms with E-state index in [2.05, 4.69) is 15.6 Å². The van der Waals surface area contributed by atoms with Gasteiger partial charge in [0.2, 0.25) is 0 Å². The molecule has 4 nitrogen and oxygen atoms in total. The highest BCUT2D eigenvalue weighted by atomic mass is 19.4. The highest BCUT2D eigenvalue weighted by Crippen LogP contribution is 2.32. The van der Waals surface area contributed by atoms with E-state index in [4.69, 9.17) is 4.74 Å². The van der Waals surface area contributed by atoms with Crippen LogP contribution >= 0.6 is 0 Å². The summed E-state index contributed by atoms with van der Waals surface area (Å²) >= 11 is 0. The van der Waals surface area contributed by atoms with Crippen molar-refractivity contribution in [3.63, 3.8) is 0 Å². The Hall–Kier alpha value is -1.76. The van der Waals surface area contributed by atoms with E-state index < -0.39 is 17.2 Å². The third-order valence-electron chi connectivity index (χ3n) is 3.69. The number of methoxy groups -OCH3 is 1. The Balaban J connectivity index is 2.79. The topological polar surface area (TPSA) is 45.7 Å². The van der Waals surface area contributed by atoms with E-state index in [1.807, 2.05) is 20.8 Å². The van der Waals surface area contributed by atoms with Crippen molar-refractivity contribution in [3.8, 4) is 0 Å². The van der Waals surface area contributed by atoms with Crippen molar-refractivity contribution >= 4 is 5.96 Å². The van der Waals surface area contributed by atoms with Crippen LogP contribution in [0.1, 0.15) is 31.9 Å². The molecular formula is C17H26F3N3O. The number of halogens is 3. The molecule has 0 aromatic heterocycles. The highest BCUT2D eigenvalue weighted by molar-refractivity contribution is 5.80. The molecule has 0 saturated heterocycles. The maximum atomic E-state index is 12.9. The standard InChI is InChI=1S/C17H26F3N3O/c1-12(10-24-5)23-15(21-4)22-11-16(2,3)13-7-6-8-14(9-13)17(18,19)20/h6-9,12H,10-11H2,1-5H3,(H2,21,22,23). The van der Waals surface area contributed by atoms with Crippen LogP contribution in [-0.4, -0.2) is 39.3 Å². The summed E-state index contributed by atoms with van der Waals surface area (Å²) in [6.07, 6.45) is -4.34. The van der Waals surface area contributed by atoms with Gasteiger partial charge in [0.25, 0.3) is 0 Å². The Morgan fingerprint density at radius 2 is 1.88 bits per heavy atom. The van der Waals surface area contributed by atoms with Crippen molar-refractivity contribution in [2.75, 3.05) is 27.3 Å². The second-order valence-corrected chi connectivity index (χ2v) is 6.39. The predicted molar refractivity (Wildman–Crippen MR) is 90.3 cm³/mol. The van der Waals surface area contributed by atoms with E-state index in [-0.39, 0.29) is 6.04 Å². The molecule has 0 amide bonds. The Labute approximate surface area is 141 Å². The van der Waals surface area contributed by atoms with E-state index in [0.717, 1.165) is 6.07 Å². The Bertz CT molecular complexity index is 556. The maximum Gasteiger partial charge on any atom is 0.416 e. The van der Waals surface area contributed by atoms with Crippen molar-refractivity contribution in [1.29, 1.82) is 0 Å². The molecule has 1 atom stereocenters. The average molecular weight is 345 g/mol. The SMILES string of the molecule is CN=C(NCC(C)(C)c1cccc(C(F)(F)F)c1)NC(C)COC. The first-order valence-electron chi connectivity index (χ1n) is 7.74. The third-order valence-corrected chi connectivity index (χ3v) is 3.69. The third kappa shape index (κ3) is 6.03. The van der Waals surface area contributed by atoms with Crippen LogP contribution in [0.25, 0.3) is 0 Å². The number of hydrogen-bond donors (Lipinski definition) is 2. The molecule has 2 N–H and O–H groups in total. The summed E-state index contributed by atoms with van der Waals surface area (Å²) in [5.41, 5.74) is -0.516. The first-order valence-corrected chi connectivity index (χ1v) is 7.74. The van der Waals surface area contributed by atoms with Gasteiger partial charge in [-0.2, -0.15) is 13.2 Å². The molecule has 0 spiro atoms. The van der Waals surface area contributed by atoms with E-state index in [0.29, 0.717) is 24.7 Å². The van der Waals surface area contributed by atoms with Crippen LogP contribution < -0.4 is 10.6 Å².